The number of benzene rings is 1. The van der Waals surface area contributed by atoms with Crippen LogP contribution in [0.15, 0.2) is 29.1 Å². The van der Waals surface area contributed by atoms with Gasteiger partial charge in [0, 0.05) is 17.5 Å². The van der Waals surface area contributed by atoms with Gasteiger partial charge < -0.3 is 0 Å². The molecule has 6 heteroatoms. The predicted molar refractivity (Wildman–Crippen MR) is 129 cm³/mol. The average Bonchev–Trinajstić information content (AvgIpc) is 3.56. The second kappa shape index (κ2) is 8.80. The summed E-state index contributed by atoms with van der Waals surface area (Å²) in [5, 5.41) is 10.2. The molecule has 2 aliphatic rings. The molecule has 1 saturated carbocycles. The van der Waals surface area contributed by atoms with Crippen molar-refractivity contribution in [2.75, 3.05) is 0 Å². The Morgan fingerprint density at radius 2 is 1.94 bits per heavy atom. The Kier molecular flexibility index (Phi) is 5.88. The van der Waals surface area contributed by atoms with Gasteiger partial charge in [-0.1, -0.05) is 38.1 Å². The maximum Gasteiger partial charge on any atom is 0.263 e. The van der Waals surface area contributed by atoms with Gasteiger partial charge in [-0.25, -0.2) is 4.98 Å². The largest absolute Gasteiger partial charge is 0.289 e. The standard InChI is InChI=1S/C26H30N4OS/c1-17(2)19-9-7-18(8-10-19)15-29(20-11-12-20)16-23-28-25-24(26(31)30(23)14-13-27)21-5-3-4-6-22(21)32-25/h7-10,17,20H,3-6,11-12,14-16H2,1-2H3. The quantitative estimate of drug-likeness (QED) is 0.504. The summed E-state index contributed by atoms with van der Waals surface area (Å²) in [6.45, 7) is 5.92. The van der Waals surface area contributed by atoms with E-state index in [0.717, 1.165) is 41.8 Å². The van der Waals surface area contributed by atoms with Crippen LogP contribution in [0.3, 0.4) is 0 Å². The van der Waals surface area contributed by atoms with Crippen LogP contribution in [-0.2, 0) is 32.5 Å². The first-order chi connectivity index (χ1) is 15.5. The molecular formula is C26H30N4OS. The number of rotatable bonds is 7. The van der Waals surface area contributed by atoms with Crippen molar-refractivity contribution in [2.45, 2.75) is 84.0 Å². The number of hydrogen-bond acceptors (Lipinski definition) is 5. The molecule has 0 saturated heterocycles. The van der Waals surface area contributed by atoms with Crippen LogP contribution in [0.5, 0.6) is 0 Å². The van der Waals surface area contributed by atoms with Gasteiger partial charge in [-0.2, -0.15) is 5.26 Å². The lowest BCUT2D eigenvalue weighted by atomic mass is 9.97. The van der Waals surface area contributed by atoms with E-state index in [2.05, 4.69) is 49.1 Å². The zero-order valence-electron chi connectivity index (χ0n) is 18.9. The van der Waals surface area contributed by atoms with Gasteiger partial charge in [0.15, 0.2) is 0 Å². The molecule has 0 N–H and O–H groups in total. The Labute approximate surface area is 193 Å². The number of aryl methyl sites for hydroxylation is 2. The fourth-order valence-electron chi connectivity index (χ4n) is 4.81. The molecule has 0 amide bonds. The van der Waals surface area contributed by atoms with E-state index < -0.39 is 0 Å². The number of aromatic nitrogens is 2. The highest BCUT2D eigenvalue weighted by Gasteiger charge is 2.31. The van der Waals surface area contributed by atoms with Crippen LogP contribution in [-0.4, -0.2) is 20.5 Å². The molecule has 2 aliphatic carbocycles. The molecule has 0 aliphatic heterocycles. The van der Waals surface area contributed by atoms with Crippen LogP contribution in [0.2, 0.25) is 0 Å². The van der Waals surface area contributed by atoms with Crippen molar-refractivity contribution in [1.82, 2.24) is 14.5 Å². The van der Waals surface area contributed by atoms with Gasteiger partial charge in [-0.3, -0.25) is 14.3 Å². The van der Waals surface area contributed by atoms with Crippen molar-refractivity contribution in [3.63, 3.8) is 0 Å². The molecule has 0 radical (unpaired) electrons. The van der Waals surface area contributed by atoms with Crippen LogP contribution >= 0.6 is 11.3 Å². The van der Waals surface area contributed by atoms with E-state index in [1.807, 2.05) is 0 Å². The summed E-state index contributed by atoms with van der Waals surface area (Å²) in [5.74, 6) is 1.25. The summed E-state index contributed by atoms with van der Waals surface area (Å²) in [7, 11) is 0. The smallest absolute Gasteiger partial charge is 0.263 e. The predicted octanol–water partition coefficient (Wildman–Crippen LogP) is 5.15. The Balaban J connectivity index is 1.49. The molecule has 2 aromatic heterocycles. The summed E-state index contributed by atoms with van der Waals surface area (Å²) >= 11 is 1.69. The molecule has 2 heterocycles. The lowest BCUT2D eigenvalue weighted by molar-refractivity contribution is 0.235. The first-order valence-electron chi connectivity index (χ1n) is 11.8. The molecule has 166 valence electrons. The molecule has 3 aromatic rings. The summed E-state index contributed by atoms with van der Waals surface area (Å²) in [6, 6.07) is 11.6. The van der Waals surface area contributed by atoms with Crippen LogP contribution in [0.1, 0.15) is 72.8 Å². The van der Waals surface area contributed by atoms with Crippen LogP contribution in [0.4, 0.5) is 0 Å². The third kappa shape index (κ3) is 4.12. The van der Waals surface area contributed by atoms with E-state index >= 15 is 0 Å². The third-order valence-electron chi connectivity index (χ3n) is 6.82. The van der Waals surface area contributed by atoms with E-state index in [9.17, 15) is 10.1 Å². The van der Waals surface area contributed by atoms with Gasteiger partial charge in [-0.15, -0.1) is 11.3 Å². The summed E-state index contributed by atoms with van der Waals surface area (Å²) in [6.07, 6.45) is 6.68. The molecule has 0 bridgehead atoms. The molecule has 5 nitrogen and oxygen atoms in total. The summed E-state index contributed by atoms with van der Waals surface area (Å²) in [4.78, 5) is 23.1. The van der Waals surface area contributed by atoms with Crippen LogP contribution in [0.25, 0.3) is 10.2 Å². The zero-order valence-corrected chi connectivity index (χ0v) is 19.7. The van der Waals surface area contributed by atoms with Gasteiger partial charge >= 0.3 is 0 Å². The third-order valence-corrected chi connectivity index (χ3v) is 8.01. The normalized spacial score (nSPS) is 16.0. The number of nitriles is 1. The maximum absolute atomic E-state index is 13.5. The first-order valence-corrected chi connectivity index (χ1v) is 12.6. The van der Waals surface area contributed by atoms with E-state index in [1.165, 1.54) is 40.8 Å². The number of fused-ring (bicyclic) bond motifs is 3. The van der Waals surface area contributed by atoms with Crippen molar-refractivity contribution >= 4 is 21.6 Å². The molecule has 0 atom stereocenters. The highest BCUT2D eigenvalue weighted by Crippen LogP contribution is 2.35. The van der Waals surface area contributed by atoms with E-state index in [4.69, 9.17) is 4.98 Å². The van der Waals surface area contributed by atoms with E-state index in [0.29, 0.717) is 18.5 Å². The molecule has 32 heavy (non-hydrogen) atoms. The van der Waals surface area contributed by atoms with E-state index in [-0.39, 0.29) is 12.1 Å². The summed E-state index contributed by atoms with van der Waals surface area (Å²) < 4.78 is 1.63. The van der Waals surface area contributed by atoms with Crippen molar-refractivity contribution in [2.24, 2.45) is 0 Å². The monoisotopic (exact) mass is 446 g/mol. The maximum atomic E-state index is 13.5. The molecule has 1 aromatic carbocycles. The molecule has 1 fully saturated rings. The zero-order chi connectivity index (χ0) is 22.2. The van der Waals surface area contributed by atoms with Crippen molar-refractivity contribution < 1.29 is 0 Å². The lowest BCUT2D eigenvalue weighted by Gasteiger charge is -2.23. The Morgan fingerprint density at radius 3 is 2.62 bits per heavy atom. The fourth-order valence-corrected chi connectivity index (χ4v) is 6.08. The van der Waals surface area contributed by atoms with Gasteiger partial charge in [-0.05, 0) is 61.1 Å². The summed E-state index contributed by atoms with van der Waals surface area (Å²) in [5.41, 5.74) is 3.80. The van der Waals surface area contributed by atoms with Gasteiger partial charge in [0.1, 0.15) is 17.2 Å². The minimum Gasteiger partial charge on any atom is -0.289 e. The lowest BCUT2D eigenvalue weighted by Crippen LogP contribution is -2.32. The Morgan fingerprint density at radius 1 is 1.19 bits per heavy atom. The second-order valence-corrected chi connectivity index (χ2v) is 10.6. The minimum absolute atomic E-state index is 0.0250. The van der Waals surface area contributed by atoms with Crippen LogP contribution in [0, 0.1) is 11.3 Å². The van der Waals surface area contributed by atoms with Gasteiger partial charge in [0.25, 0.3) is 5.56 Å². The first kappa shape index (κ1) is 21.4. The van der Waals surface area contributed by atoms with Gasteiger partial charge in [0.2, 0.25) is 0 Å². The number of thiophene rings is 1. The molecule has 0 spiro atoms. The molecular weight excluding hydrogens is 416 g/mol. The van der Waals surface area contributed by atoms with Crippen molar-refractivity contribution in [1.29, 1.82) is 5.26 Å². The van der Waals surface area contributed by atoms with Crippen molar-refractivity contribution in [3.05, 3.63) is 62.0 Å². The van der Waals surface area contributed by atoms with Crippen LogP contribution < -0.4 is 5.56 Å². The molecule has 0 unspecified atom stereocenters. The van der Waals surface area contributed by atoms with Gasteiger partial charge in [0.05, 0.1) is 18.0 Å². The second-order valence-electron chi connectivity index (χ2n) is 9.50. The van der Waals surface area contributed by atoms with E-state index in [1.54, 1.807) is 15.9 Å². The average molecular weight is 447 g/mol. The topological polar surface area (TPSA) is 61.9 Å². The minimum atomic E-state index is -0.0250. The fraction of sp³-hybridized carbons (Fsp3) is 0.500. The Hall–Kier alpha value is -2.49. The number of nitrogens with zero attached hydrogens (tertiary/aromatic N) is 4. The molecule has 5 rings (SSSR count). The highest BCUT2D eigenvalue weighted by molar-refractivity contribution is 7.18. The van der Waals surface area contributed by atoms with Crippen molar-refractivity contribution in [3.8, 4) is 6.07 Å². The number of hydrogen-bond donors (Lipinski definition) is 0. The Bertz CT molecular complexity index is 1230. The SMILES string of the molecule is CC(C)c1ccc(CN(Cc2nc3sc4c(c3c(=O)n2CC#N)CCCC4)C2CC2)cc1. The highest BCUT2D eigenvalue weighted by atomic mass is 32.1.